The van der Waals surface area contributed by atoms with Gasteiger partial charge in [-0.05, 0) is 55.7 Å². The van der Waals surface area contributed by atoms with Gasteiger partial charge in [-0.15, -0.1) is 0 Å². The Hall–Kier alpha value is -3.60. The molecule has 146 valence electrons. The van der Waals surface area contributed by atoms with Crippen LogP contribution in [0.1, 0.15) is 16.7 Å². The normalized spacial score (nSPS) is 10.9. The lowest BCUT2D eigenvalue weighted by Gasteiger charge is -2.12. The van der Waals surface area contributed by atoms with Crippen molar-refractivity contribution >= 4 is 17.2 Å². The first-order chi connectivity index (χ1) is 14.0. The topological polar surface area (TPSA) is 55.6 Å². The van der Waals surface area contributed by atoms with Crippen molar-refractivity contribution in [2.24, 2.45) is 0 Å². The highest BCUT2D eigenvalue weighted by molar-refractivity contribution is 5.96. The van der Waals surface area contributed by atoms with Gasteiger partial charge in [-0.25, -0.2) is 4.98 Å². The van der Waals surface area contributed by atoms with Crippen molar-refractivity contribution in [3.8, 4) is 17.0 Å². The number of para-hydroxylation sites is 1. The average Bonchev–Trinajstić information content (AvgIpc) is 3.15. The third kappa shape index (κ3) is 3.85. The highest BCUT2D eigenvalue weighted by atomic mass is 16.5. The Labute approximate surface area is 170 Å². The van der Waals surface area contributed by atoms with Crippen LogP contribution in [0.2, 0.25) is 0 Å². The second kappa shape index (κ2) is 7.80. The molecule has 4 aromatic rings. The van der Waals surface area contributed by atoms with Crippen molar-refractivity contribution in [1.82, 2.24) is 9.38 Å². The van der Waals surface area contributed by atoms with Crippen LogP contribution in [0.5, 0.6) is 5.75 Å². The van der Waals surface area contributed by atoms with Gasteiger partial charge in [0, 0.05) is 18.0 Å². The molecule has 0 fully saturated rings. The molecule has 0 spiro atoms. The number of fused-ring (bicyclic) bond motifs is 1. The Kier molecular flexibility index (Phi) is 5.04. The molecule has 0 aliphatic carbocycles. The van der Waals surface area contributed by atoms with Crippen LogP contribution in [0.3, 0.4) is 0 Å². The third-order valence-corrected chi connectivity index (χ3v) is 5.07. The Bertz CT molecular complexity index is 1190. The summed E-state index contributed by atoms with van der Waals surface area (Å²) in [4.78, 5) is 17.3. The molecule has 1 N–H and O–H groups in total. The third-order valence-electron chi connectivity index (χ3n) is 5.07. The minimum atomic E-state index is -0.210. The van der Waals surface area contributed by atoms with Crippen molar-refractivity contribution in [2.75, 3.05) is 11.9 Å². The summed E-state index contributed by atoms with van der Waals surface area (Å²) in [6, 6.07) is 17.5. The number of rotatable bonds is 5. The average molecular weight is 385 g/mol. The van der Waals surface area contributed by atoms with E-state index in [1.807, 2.05) is 92.2 Å². The van der Waals surface area contributed by atoms with E-state index in [4.69, 9.17) is 9.72 Å². The van der Waals surface area contributed by atoms with E-state index in [1.54, 1.807) is 0 Å². The van der Waals surface area contributed by atoms with Crippen LogP contribution in [0.25, 0.3) is 16.9 Å². The monoisotopic (exact) mass is 385 g/mol. The molecule has 5 heteroatoms. The van der Waals surface area contributed by atoms with E-state index in [-0.39, 0.29) is 12.5 Å². The van der Waals surface area contributed by atoms with Crippen molar-refractivity contribution in [2.45, 2.75) is 20.8 Å². The lowest BCUT2D eigenvalue weighted by Crippen LogP contribution is -2.20. The van der Waals surface area contributed by atoms with Gasteiger partial charge in [0.2, 0.25) is 0 Å². The number of imidazole rings is 1. The molecule has 0 aliphatic rings. The lowest BCUT2D eigenvalue weighted by atomic mass is 10.1. The molecule has 5 nitrogen and oxygen atoms in total. The molecular formula is C24H23N3O2. The maximum Gasteiger partial charge on any atom is 0.262 e. The predicted octanol–water partition coefficient (Wildman–Crippen LogP) is 4.94. The molecule has 2 aromatic carbocycles. The molecule has 0 saturated heterocycles. The summed E-state index contributed by atoms with van der Waals surface area (Å²) in [6.07, 6.45) is 3.94. The fraction of sp³-hybridized carbons (Fsp3) is 0.167. The van der Waals surface area contributed by atoms with Crippen LogP contribution in [0.4, 0.5) is 5.69 Å². The first-order valence-electron chi connectivity index (χ1n) is 9.55. The molecular weight excluding hydrogens is 362 g/mol. The number of nitrogens with one attached hydrogen (secondary N) is 1. The molecule has 2 heterocycles. The standard InChI is InChI=1S/C24H23N3O2/c1-16-8-6-12-22(18(16)3)29-15-23(28)25-20-11-5-4-10-19(20)21-14-27-13-7-9-17(2)24(27)26-21/h4-14H,15H2,1-3H3,(H,25,28). The van der Waals surface area contributed by atoms with Gasteiger partial charge in [0.1, 0.15) is 11.4 Å². The zero-order valence-electron chi connectivity index (χ0n) is 16.8. The highest BCUT2D eigenvalue weighted by Crippen LogP contribution is 2.28. The minimum Gasteiger partial charge on any atom is -0.483 e. The highest BCUT2D eigenvalue weighted by Gasteiger charge is 2.13. The van der Waals surface area contributed by atoms with Crippen LogP contribution < -0.4 is 10.1 Å². The molecule has 0 aliphatic heterocycles. The van der Waals surface area contributed by atoms with Crippen molar-refractivity contribution in [3.63, 3.8) is 0 Å². The molecule has 2 aromatic heterocycles. The molecule has 0 atom stereocenters. The Balaban J connectivity index is 1.54. The van der Waals surface area contributed by atoms with Crippen LogP contribution in [0.15, 0.2) is 67.0 Å². The Morgan fingerprint density at radius 2 is 1.79 bits per heavy atom. The molecule has 0 unspecified atom stereocenters. The number of hydrogen-bond donors (Lipinski definition) is 1. The number of ether oxygens (including phenoxy) is 1. The van der Waals surface area contributed by atoms with E-state index < -0.39 is 0 Å². The number of aromatic nitrogens is 2. The van der Waals surface area contributed by atoms with Crippen molar-refractivity contribution in [1.29, 1.82) is 0 Å². The number of benzene rings is 2. The first-order valence-corrected chi connectivity index (χ1v) is 9.55. The zero-order chi connectivity index (χ0) is 20.4. The van der Waals surface area contributed by atoms with E-state index >= 15 is 0 Å². The van der Waals surface area contributed by atoms with Crippen LogP contribution in [0, 0.1) is 20.8 Å². The van der Waals surface area contributed by atoms with Crippen molar-refractivity contribution in [3.05, 3.63) is 83.7 Å². The molecule has 1 amide bonds. The van der Waals surface area contributed by atoms with Gasteiger partial charge >= 0.3 is 0 Å². The van der Waals surface area contributed by atoms with Gasteiger partial charge in [0.15, 0.2) is 6.61 Å². The smallest absolute Gasteiger partial charge is 0.262 e. The van der Waals surface area contributed by atoms with Crippen LogP contribution >= 0.6 is 0 Å². The summed E-state index contributed by atoms with van der Waals surface area (Å²) in [7, 11) is 0. The van der Waals surface area contributed by atoms with Gasteiger partial charge in [-0.3, -0.25) is 4.79 Å². The van der Waals surface area contributed by atoms with Crippen LogP contribution in [-0.2, 0) is 4.79 Å². The predicted molar refractivity (Wildman–Crippen MR) is 115 cm³/mol. The number of nitrogens with zero attached hydrogens (tertiary/aromatic N) is 2. The molecule has 0 saturated carbocycles. The second-order valence-corrected chi connectivity index (χ2v) is 7.13. The van der Waals surface area contributed by atoms with Gasteiger partial charge in [-0.1, -0.05) is 36.4 Å². The largest absolute Gasteiger partial charge is 0.483 e. The number of amides is 1. The molecule has 0 radical (unpaired) electrons. The summed E-state index contributed by atoms with van der Waals surface area (Å²) in [5, 5.41) is 2.96. The summed E-state index contributed by atoms with van der Waals surface area (Å²) in [5.41, 5.74) is 6.57. The van der Waals surface area contributed by atoms with Crippen molar-refractivity contribution < 1.29 is 9.53 Å². The fourth-order valence-electron chi connectivity index (χ4n) is 3.31. The summed E-state index contributed by atoms with van der Waals surface area (Å²) >= 11 is 0. The van der Waals surface area contributed by atoms with E-state index in [1.165, 1.54) is 0 Å². The van der Waals surface area contributed by atoms with Crippen LogP contribution in [-0.4, -0.2) is 21.9 Å². The number of aryl methyl sites for hydroxylation is 2. The Morgan fingerprint density at radius 3 is 2.62 bits per heavy atom. The quantitative estimate of drug-likeness (QED) is 0.529. The molecule has 4 rings (SSSR count). The number of pyridine rings is 1. The second-order valence-electron chi connectivity index (χ2n) is 7.13. The summed E-state index contributed by atoms with van der Waals surface area (Å²) in [5.74, 6) is 0.516. The fourth-order valence-corrected chi connectivity index (χ4v) is 3.31. The first kappa shape index (κ1) is 18.7. The van der Waals surface area contributed by atoms with E-state index in [2.05, 4.69) is 5.32 Å². The lowest BCUT2D eigenvalue weighted by molar-refractivity contribution is -0.118. The molecule has 0 bridgehead atoms. The van der Waals surface area contributed by atoms with Gasteiger partial charge < -0.3 is 14.5 Å². The maximum absolute atomic E-state index is 12.5. The molecule has 29 heavy (non-hydrogen) atoms. The van der Waals surface area contributed by atoms with E-state index in [9.17, 15) is 4.79 Å². The Morgan fingerprint density at radius 1 is 1.00 bits per heavy atom. The number of anilines is 1. The van der Waals surface area contributed by atoms with Gasteiger partial charge in [-0.2, -0.15) is 0 Å². The van der Waals surface area contributed by atoms with Gasteiger partial charge in [0.25, 0.3) is 5.91 Å². The summed E-state index contributed by atoms with van der Waals surface area (Å²) in [6.45, 7) is 5.99. The summed E-state index contributed by atoms with van der Waals surface area (Å²) < 4.78 is 7.72. The maximum atomic E-state index is 12.5. The zero-order valence-corrected chi connectivity index (χ0v) is 16.8. The number of carbonyl (C=O) groups is 1. The number of carbonyl (C=O) groups excluding carboxylic acids is 1. The minimum absolute atomic E-state index is 0.0527. The number of hydrogen-bond acceptors (Lipinski definition) is 3. The van der Waals surface area contributed by atoms with E-state index in [0.717, 1.165) is 39.3 Å². The van der Waals surface area contributed by atoms with Gasteiger partial charge in [0.05, 0.1) is 11.4 Å². The SMILES string of the molecule is Cc1cccc(OCC(=O)Nc2ccccc2-c2cn3cccc(C)c3n2)c1C. The van der Waals surface area contributed by atoms with E-state index in [0.29, 0.717) is 5.69 Å².